The number of hydrogen-bond acceptors (Lipinski definition) is 7. The highest BCUT2D eigenvalue weighted by Gasteiger charge is 2.49. The summed E-state index contributed by atoms with van der Waals surface area (Å²) in [6.45, 7) is 7.56. The highest BCUT2D eigenvalue weighted by molar-refractivity contribution is 6.00. The first-order valence-electron chi connectivity index (χ1n) is 14.3. The van der Waals surface area contributed by atoms with Gasteiger partial charge in [-0.15, -0.1) is 0 Å². The molecule has 4 fully saturated rings. The van der Waals surface area contributed by atoms with Crippen LogP contribution in [0.4, 0.5) is 32.0 Å². The maximum Gasteiger partial charge on any atom is 0.490 e. The van der Waals surface area contributed by atoms with E-state index in [0.717, 1.165) is 50.5 Å². The molecule has 1 saturated carbocycles. The summed E-state index contributed by atoms with van der Waals surface area (Å²) in [5.41, 5.74) is 1.68. The van der Waals surface area contributed by atoms with Crippen LogP contribution in [0.25, 0.3) is 0 Å². The molecule has 3 saturated heterocycles. The summed E-state index contributed by atoms with van der Waals surface area (Å²) in [5, 5.41) is 14.2. The number of rotatable bonds is 3. The SMILES string of the molecule is O=C(O)C(F)(F)F.O=C(O)C(F)(F)F.O=C(c1ccccc1N1CCOCC1)N1CCOC2(CCCCC2N2CCCC2)C1. The predicted octanol–water partition coefficient (Wildman–Crippen LogP) is 4.04. The second-order valence-corrected chi connectivity index (χ2v) is 10.9. The minimum atomic E-state index is -5.08. The van der Waals surface area contributed by atoms with E-state index in [2.05, 4.69) is 20.8 Å². The fourth-order valence-electron chi connectivity index (χ4n) is 6.00. The van der Waals surface area contributed by atoms with Gasteiger partial charge in [0.05, 0.1) is 31.9 Å². The normalized spacial score (nSPS) is 24.5. The number of hydrogen-bond donors (Lipinski definition) is 2. The topological polar surface area (TPSA) is 120 Å². The van der Waals surface area contributed by atoms with Crippen molar-refractivity contribution in [3.05, 3.63) is 29.8 Å². The van der Waals surface area contributed by atoms with Gasteiger partial charge in [-0.1, -0.05) is 25.0 Å². The quantitative estimate of drug-likeness (QED) is 0.472. The first-order valence-corrected chi connectivity index (χ1v) is 14.3. The first kappa shape index (κ1) is 35.4. The molecule has 16 heteroatoms. The summed E-state index contributed by atoms with van der Waals surface area (Å²) < 4.78 is 75.5. The second kappa shape index (κ2) is 15.3. The molecule has 1 aromatic carbocycles. The Morgan fingerprint density at radius 2 is 1.36 bits per heavy atom. The Morgan fingerprint density at radius 1 is 0.795 bits per heavy atom. The Labute approximate surface area is 250 Å². The largest absolute Gasteiger partial charge is 0.490 e. The molecule has 1 aliphatic carbocycles. The maximum atomic E-state index is 13.7. The lowest BCUT2D eigenvalue weighted by Gasteiger charge is -2.52. The zero-order valence-electron chi connectivity index (χ0n) is 24.0. The number of carboxylic acid groups (broad SMARTS) is 2. The van der Waals surface area contributed by atoms with Crippen LogP contribution in [0.15, 0.2) is 24.3 Å². The van der Waals surface area contributed by atoms with Crippen molar-refractivity contribution >= 4 is 23.5 Å². The molecule has 10 nitrogen and oxygen atoms in total. The van der Waals surface area contributed by atoms with Gasteiger partial charge >= 0.3 is 24.3 Å². The molecule has 4 aliphatic rings. The Bertz CT molecular complexity index is 1100. The van der Waals surface area contributed by atoms with Crippen LogP contribution in [-0.4, -0.2) is 121 Å². The second-order valence-electron chi connectivity index (χ2n) is 10.9. The van der Waals surface area contributed by atoms with Crippen LogP contribution < -0.4 is 4.90 Å². The number of carboxylic acids is 2. The fraction of sp³-hybridized carbons (Fsp3) is 0.679. The van der Waals surface area contributed by atoms with Gasteiger partial charge in [0, 0.05) is 31.4 Å². The molecule has 248 valence electrons. The van der Waals surface area contributed by atoms with Gasteiger partial charge in [-0.05, 0) is 50.9 Å². The Hall–Kier alpha value is -3.11. The van der Waals surface area contributed by atoms with Crippen molar-refractivity contribution in [2.24, 2.45) is 0 Å². The van der Waals surface area contributed by atoms with Gasteiger partial charge in [0.25, 0.3) is 5.91 Å². The van der Waals surface area contributed by atoms with Gasteiger partial charge in [-0.25, -0.2) is 9.59 Å². The van der Waals surface area contributed by atoms with E-state index in [4.69, 9.17) is 29.3 Å². The number of amides is 1. The van der Waals surface area contributed by atoms with E-state index >= 15 is 0 Å². The van der Waals surface area contributed by atoms with E-state index in [1.165, 1.54) is 45.2 Å². The maximum absolute atomic E-state index is 13.7. The molecule has 2 unspecified atom stereocenters. The van der Waals surface area contributed by atoms with Crippen molar-refractivity contribution < 1.29 is 60.4 Å². The Morgan fingerprint density at radius 3 is 1.93 bits per heavy atom. The average molecular weight is 642 g/mol. The lowest BCUT2D eigenvalue weighted by Crippen LogP contribution is -2.64. The van der Waals surface area contributed by atoms with Crippen molar-refractivity contribution in [2.45, 2.75) is 62.5 Å². The molecule has 2 atom stereocenters. The van der Waals surface area contributed by atoms with E-state index in [0.29, 0.717) is 19.2 Å². The molecule has 5 rings (SSSR count). The minimum Gasteiger partial charge on any atom is -0.475 e. The number of carbonyl (C=O) groups is 3. The van der Waals surface area contributed by atoms with Gasteiger partial charge in [-0.3, -0.25) is 9.69 Å². The smallest absolute Gasteiger partial charge is 0.475 e. The predicted molar refractivity (Wildman–Crippen MR) is 145 cm³/mol. The van der Waals surface area contributed by atoms with E-state index in [1.807, 2.05) is 18.2 Å². The van der Waals surface area contributed by atoms with Gasteiger partial charge in [0.1, 0.15) is 5.60 Å². The van der Waals surface area contributed by atoms with E-state index in [1.54, 1.807) is 0 Å². The van der Waals surface area contributed by atoms with Crippen LogP contribution in [0, 0.1) is 0 Å². The zero-order valence-corrected chi connectivity index (χ0v) is 24.0. The molecule has 0 bridgehead atoms. The van der Waals surface area contributed by atoms with E-state index in [9.17, 15) is 31.1 Å². The third kappa shape index (κ3) is 9.44. The number of aliphatic carboxylic acids is 2. The third-order valence-electron chi connectivity index (χ3n) is 7.98. The molecule has 3 aliphatic heterocycles. The zero-order chi connectivity index (χ0) is 32.5. The number of para-hydroxylation sites is 1. The molecular formula is C28H37F6N3O7. The number of anilines is 1. The highest BCUT2D eigenvalue weighted by Crippen LogP contribution is 2.39. The summed E-state index contributed by atoms with van der Waals surface area (Å²) in [6, 6.07) is 8.56. The molecule has 44 heavy (non-hydrogen) atoms. The molecule has 0 radical (unpaired) electrons. The number of ether oxygens (including phenoxy) is 2. The van der Waals surface area contributed by atoms with Crippen LogP contribution in [0.1, 0.15) is 48.9 Å². The molecular weight excluding hydrogens is 604 g/mol. The highest BCUT2D eigenvalue weighted by atomic mass is 19.4. The number of morpholine rings is 2. The van der Waals surface area contributed by atoms with Gasteiger partial charge in [0.15, 0.2) is 0 Å². The van der Waals surface area contributed by atoms with Crippen LogP contribution in [0.5, 0.6) is 0 Å². The number of carbonyl (C=O) groups excluding carboxylic acids is 1. The molecule has 1 amide bonds. The number of halogens is 6. The lowest BCUT2D eigenvalue weighted by molar-refractivity contribution is -0.193. The number of benzene rings is 1. The standard InChI is InChI=1S/C24H35N3O3.2C2HF3O2/c28-23(20-7-1-2-8-21(20)25-13-16-29-17-14-25)27-15-18-30-24(19-27)10-4-3-9-22(24)26-11-5-6-12-26;2*3-2(4,5)1(6)7/h1-2,7-8,22H,3-6,9-19H2;2*(H,6,7). The van der Waals surface area contributed by atoms with Gasteiger partial charge < -0.3 is 29.5 Å². The monoisotopic (exact) mass is 641 g/mol. The Balaban J connectivity index is 0.000000317. The number of alkyl halides is 6. The number of likely N-dealkylation sites (tertiary alicyclic amines) is 1. The summed E-state index contributed by atoms with van der Waals surface area (Å²) >= 11 is 0. The van der Waals surface area contributed by atoms with Gasteiger partial charge in [-0.2, -0.15) is 26.3 Å². The molecule has 1 spiro atoms. The lowest BCUT2D eigenvalue weighted by atomic mass is 9.78. The van der Waals surface area contributed by atoms with Crippen LogP contribution in [0.3, 0.4) is 0 Å². The average Bonchev–Trinajstić information content (AvgIpc) is 3.52. The van der Waals surface area contributed by atoms with Gasteiger partial charge in [0.2, 0.25) is 0 Å². The molecule has 3 heterocycles. The summed E-state index contributed by atoms with van der Waals surface area (Å²) in [6.07, 6.45) is -2.82. The van der Waals surface area contributed by atoms with Crippen LogP contribution in [-0.2, 0) is 19.1 Å². The van der Waals surface area contributed by atoms with Crippen LogP contribution in [0.2, 0.25) is 0 Å². The fourth-order valence-corrected chi connectivity index (χ4v) is 6.00. The number of nitrogens with zero attached hydrogens (tertiary/aromatic N) is 3. The van der Waals surface area contributed by atoms with Crippen LogP contribution >= 0.6 is 0 Å². The Kier molecular flexibility index (Phi) is 12.3. The molecule has 2 N–H and O–H groups in total. The van der Waals surface area contributed by atoms with Crippen molar-refractivity contribution in [2.75, 3.05) is 64.0 Å². The third-order valence-corrected chi connectivity index (χ3v) is 7.98. The van der Waals surface area contributed by atoms with E-state index in [-0.39, 0.29) is 11.5 Å². The van der Waals surface area contributed by atoms with Crippen molar-refractivity contribution in [1.82, 2.24) is 9.80 Å². The molecule has 0 aromatic heterocycles. The van der Waals surface area contributed by atoms with Crippen molar-refractivity contribution in [1.29, 1.82) is 0 Å². The van der Waals surface area contributed by atoms with Crippen molar-refractivity contribution in [3.63, 3.8) is 0 Å². The minimum absolute atomic E-state index is 0.158. The van der Waals surface area contributed by atoms with Crippen molar-refractivity contribution in [3.8, 4) is 0 Å². The molecule has 1 aromatic rings. The first-order chi connectivity index (χ1) is 20.7. The van der Waals surface area contributed by atoms with E-state index < -0.39 is 24.3 Å². The summed E-state index contributed by atoms with van der Waals surface area (Å²) in [4.78, 5) is 38.5. The summed E-state index contributed by atoms with van der Waals surface area (Å²) in [5.74, 6) is -5.36. The summed E-state index contributed by atoms with van der Waals surface area (Å²) in [7, 11) is 0.